The van der Waals surface area contributed by atoms with Crippen LogP contribution in [0.4, 0.5) is 14.5 Å². The van der Waals surface area contributed by atoms with E-state index < -0.39 is 33.7 Å². The summed E-state index contributed by atoms with van der Waals surface area (Å²) in [6.45, 7) is 3.75. The molecule has 1 aromatic carbocycles. The maximum Gasteiger partial charge on any atom is 0.305 e. The molecule has 0 aliphatic rings. The number of nitro groups is 1. The first kappa shape index (κ1) is 16.0. The third-order valence-electron chi connectivity index (χ3n) is 2.96. The fourth-order valence-electron chi connectivity index (χ4n) is 1.88. The van der Waals surface area contributed by atoms with Crippen molar-refractivity contribution < 1.29 is 18.5 Å². The van der Waals surface area contributed by atoms with E-state index in [9.17, 15) is 23.7 Å². The molecule has 1 unspecified atom stereocenters. The van der Waals surface area contributed by atoms with E-state index in [2.05, 4.69) is 5.32 Å². The van der Waals surface area contributed by atoms with Gasteiger partial charge in [-0.15, -0.1) is 0 Å². The van der Waals surface area contributed by atoms with Crippen LogP contribution >= 0.6 is 0 Å². The van der Waals surface area contributed by atoms with Crippen LogP contribution in [0.1, 0.15) is 43.5 Å². The number of nitro benzene ring substituents is 1. The third-order valence-corrected chi connectivity index (χ3v) is 2.96. The van der Waals surface area contributed by atoms with E-state index in [1.165, 1.54) is 0 Å². The standard InChI is InChI=1S/C13H16F2N2O3/c1-3-5-8(4-2)16-13(18)11-9(14)6-7-10(12(11)15)17(19)20/h6-8H,3-5H2,1-2H3,(H,16,18). The Morgan fingerprint density at radius 1 is 1.40 bits per heavy atom. The number of carbonyl (C=O) groups is 1. The summed E-state index contributed by atoms with van der Waals surface area (Å²) in [7, 11) is 0. The van der Waals surface area contributed by atoms with Gasteiger partial charge in [-0.2, -0.15) is 4.39 Å². The SMILES string of the molecule is CCCC(CC)NC(=O)c1c(F)ccc([N+](=O)[O-])c1F. The lowest BCUT2D eigenvalue weighted by Crippen LogP contribution is -2.35. The summed E-state index contributed by atoms with van der Waals surface area (Å²) in [6, 6.07) is 1.20. The van der Waals surface area contributed by atoms with Crippen molar-refractivity contribution in [1.29, 1.82) is 0 Å². The molecule has 1 N–H and O–H groups in total. The van der Waals surface area contributed by atoms with Crippen LogP contribution in [0.25, 0.3) is 0 Å². The molecule has 0 aliphatic carbocycles. The van der Waals surface area contributed by atoms with Crippen molar-refractivity contribution in [3.8, 4) is 0 Å². The van der Waals surface area contributed by atoms with Gasteiger partial charge in [0, 0.05) is 12.1 Å². The van der Waals surface area contributed by atoms with Crippen LogP contribution in [-0.2, 0) is 0 Å². The molecule has 110 valence electrons. The highest BCUT2D eigenvalue weighted by Gasteiger charge is 2.27. The van der Waals surface area contributed by atoms with Gasteiger partial charge >= 0.3 is 5.69 Å². The van der Waals surface area contributed by atoms with Crippen molar-refractivity contribution in [3.05, 3.63) is 39.4 Å². The number of hydrogen-bond acceptors (Lipinski definition) is 3. The first-order valence-corrected chi connectivity index (χ1v) is 6.35. The van der Waals surface area contributed by atoms with Gasteiger partial charge in [-0.05, 0) is 18.9 Å². The van der Waals surface area contributed by atoms with Gasteiger partial charge in [0.05, 0.1) is 4.92 Å². The molecule has 0 spiro atoms. The van der Waals surface area contributed by atoms with Crippen molar-refractivity contribution in [2.45, 2.75) is 39.2 Å². The number of amides is 1. The van der Waals surface area contributed by atoms with E-state index in [0.717, 1.165) is 12.5 Å². The molecule has 7 heteroatoms. The highest BCUT2D eigenvalue weighted by Crippen LogP contribution is 2.23. The number of nitrogens with one attached hydrogen (secondary N) is 1. The minimum atomic E-state index is -1.45. The lowest BCUT2D eigenvalue weighted by Gasteiger charge is -2.16. The molecule has 0 radical (unpaired) electrons. The summed E-state index contributed by atoms with van der Waals surface area (Å²) in [5.74, 6) is -3.53. The molecule has 20 heavy (non-hydrogen) atoms. The van der Waals surface area contributed by atoms with E-state index in [4.69, 9.17) is 0 Å². The molecular weight excluding hydrogens is 270 g/mol. The second-order valence-corrected chi connectivity index (χ2v) is 4.38. The Bertz CT molecular complexity index is 521. The largest absolute Gasteiger partial charge is 0.349 e. The summed E-state index contributed by atoms with van der Waals surface area (Å²) >= 11 is 0. The molecule has 1 amide bonds. The van der Waals surface area contributed by atoms with Crippen LogP contribution in [0.2, 0.25) is 0 Å². The second-order valence-electron chi connectivity index (χ2n) is 4.38. The van der Waals surface area contributed by atoms with E-state index in [1.807, 2.05) is 13.8 Å². The molecule has 0 saturated heterocycles. The first-order chi connectivity index (χ1) is 9.42. The molecule has 1 atom stereocenters. The Morgan fingerprint density at radius 2 is 2.05 bits per heavy atom. The molecule has 0 heterocycles. The number of rotatable bonds is 6. The molecule has 0 bridgehead atoms. The maximum atomic E-state index is 13.8. The van der Waals surface area contributed by atoms with Gasteiger partial charge < -0.3 is 5.32 Å². The Morgan fingerprint density at radius 3 is 2.55 bits per heavy atom. The molecule has 1 aromatic rings. The number of benzene rings is 1. The third kappa shape index (κ3) is 3.49. The maximum absolute atomic E-state index is 13.8. The quantitative estimate of drug-likeness (QED) is 0.644. The van der Waals surface area contributed by atoms with Crippen molar-refractivity contribution in [3.63, 3.8) is 0 Å². The topological polar surface area (TPSA) is 72.2 Å². The zero-order valence-electron chi connectivity index (χ0n) is 11.3. The van der Waals surface area contributed by atoms with Crippen molar-refractivity contribution in [1.82, 2.24) is 5.32 Å². The zero-order valence-corrected chi connectivity index (χ0v) is 11.3. The molecule has 1 rings (SSSR count). The van der Waals surface area contributed by atoms with E-state index >= 15 is 0 Å². The van der Waals surface area contributed by atoms with Gasteiger partial charge in [0.15, 0.2) is 0 Å². The van der Waals surface area contributed by atoms with Crippen molar-refractivity contribution >= 4 is 11.6 Å². The van der Waals surface area contributed by atoms with Gasteiger partial charge in [-0.25, -0.2) is 4.39 Å². The van der Waals surface area contributed by atoms with Crippen molar-refractivity contribution in [2.75, 3.05) is 0 Å². The zero-order chi connectivity index (χ0) is 15.3. The lowest BCUT2D eigenvalue weighted by molar-refractivity contribution is -0.387. The van der Waals surface area contributed by atoms with E-state index in [-0.39, 0.29) is 6.04 Å². The predicted molar refractivity (Wildman–Crippen MR) is 69.5 cm³/mol. The van der Waals surface area contributed by atoms with E-state index in [1.54, 1.807) is 0 Å². The fraction of sp³-hybridized carbons (Fsp3) is 0.462. The van der Waals surface area contributed by atoms with Crippen LogP contribution in [0, 0.1) is 21.7 Å². The summed E-state index contributed by atoms with van der Waals surface area (Å²) in [5, 5.41) is 13.1. The summed E-state index contributed by atoms with van der Waals surface area (Å²) in [4.78, 5) is 21.5. The fourth-order valence-corrected chi connectivity index (χ4v) is 1.88. The molecule has 0 aromatic heterocycles. The minimum absolute atomic E-state index is 0.217. The van der Waals surface area contributed by atoms with Crippen LogP contribution < -0.4 is 5.32 Å². The summed E-state index contributed by atoms with van der Waals surface area (Å²) < 4.78 is 27.4. The smallest absolute Gasteiger partial charge is 0.305 e. The Balaban J connectivity index is 3.09. The first-order valence-electron chi connectivity index (χ1n) is 6.35. The number of hydrogen-bond donors (Lipinski definition) is 1. The van der Waals surface area contributed by atoms with Gasteiger partial charge in [0.1, 0.15) is 11.4 Å². The Kier molecular flexibility index (Phi) is 5.54. The highest BCUT2D eigenvalue weighted by molar-refractivity contribution is 5.95. The normalized spacial score (nSPS) is 12.0. The number of carbonyl (C=O) groups excluding carboxylic acids is 1. The Labute approximate surface area is 115 Å². The monoisotopic (exact) mass is 286 g/mol. The van der Waals surface area contributed by atoms with Crippen molar-refractivity contribution in [2.24, 2.45) is 0 Å². The average Bonchev–Trinajstić information content (AvgIpc) is 2.37. The van der Waals surface area contributed by atoms with Gasteiger partial charge in [0.2, 0.25) is 5.82 Å². The van der Waals surface area contributed by atoms with Gasteiger partial charge in [-0.3, -0.25) is 14.9 Å². The molecule has 0 saturated carbocycles. The molecular formula is C13H16F2N2O3. The second kappa shape index (κ2) is 6.93. The van der Waals surface area contributed by atoms with Crippen LogP contribution in [-0.4, -0.2) is 16.9 Å². The van der Waals surface area contributed by atoms with E-state index in [0.29, 0.717) is 18.9 Å². The van der Waals surface area contributed by atoms with Crippen LogP contribution in [0.3, 0.4) is 0 Å². The molecule has 0 aliphatic heterocycles. The lowest BCUT2D eigenvalue weighted by atomic mass is 10.1. The van der Waals surface area contributed by atoms with Crippen LogP contribution in [0.15, 0.2) is 12.1 Å². The summed E-state index contributed by atoms with van der Waals surface area (Å²) in [5.41, 5.74) is -1.83. The van der Waals surface area contributed by atoms with Crippen LogP contribution in [0.5, 0.6) is 0 Å². The average molecular weight is 286 g/mol. The van der Waals surface area contributed by atoms with Gasteiger partial charge in [0.25, 0.3) is 5.91 Å². The summed E-state index contributed by atoms with van der Waals surface area (Å²) in [6.07, 6.45) is 2.08. The number of halogens is 2. The highest BCUT2D eigenvalue weighted by atomic mass is 19.1. The predicted octanol–water partition coefficient (Wildman–Crippen LogP) is 3.18. The minimum Gasteiger partial charge on any atom is -0.349 e. The molecule has 5 nitrogen and oxygen atoms in total. The Hall–Kier alpha value is -2.05. The molecule has 0 fully saturated rings. The number of nitrogens with zero attached hydrogens (tertiary/aromatic N) is 1. The van der Waals surface area contributed by atoms with Gasteiger partial charge in [-0.1, -0.05) is 20.3 Å².